The average molecular weight is 273 g/mol. The van der Waals surface area contributed by atoms with Crippen LogP contribution in [0.1, 0.15) is 33.1 Å². The third-order valence-electron chi connectivity index (χ3n) is 4.36. The molecule has 1 aliphatic carbocycles. The van der Waals surface area contributed by atoms with E-state index in [2.05, 4.69) is 18.7 Å². The molecule has 2 atom stereocenters. The van der Waals surface area contributed by atoms with E-state index in [0.717, 1.165) is 45.7 Å². The Morgan fingerprint density at radius 1 is 1.16 bits per heavy atom. The summed E-state index contributed by atoms with van der Waals surface area (Å²) >= 11 is 0. The molecule has 114 valence electrons. The largest absolute Gasteiger partial charge is 0.392 e. The van der Waals surface area contributed by atoms with Crippen LogP contribution in [0.4, 0.5) is 0 Å². The molecule has 0 aromatic carbocycles. The first-order chi connectivity index (χ1) is 9.01. The van der Waals surface area contributed by atoms with Gasteiger partial charge in [0.25, 0.3) is 0 Å². The van der Waals surface area contributed by atoms with Crippen LogP contribution in [0.25, 0.3) is 0 Å². The Bertz CT molecular complexity index is 238. The molecule has 0 aliphatic heterocycles. The van der Waals surface area contributed by atoms with Gasteiger partial charge in [-0.2, -0.15) is 0 Å². The molecule has 4 nitrogen and oxygen atoms in total. The third-order valence-corrected chi connectivity index (χ3v) is 4.36. The summed E-state index contributed by atoms with van der Waals surface area (Å²) in [5, 5.41) is 10.5. The van der Waals surface area contributed by atoms with Gasteiger partial charge in [0.05, 0.1) is 19.3 Å². The lowest BCUT2D eigenvalue weighted by Crippen LogP contribution is -2.46. The van der Waals surface area contributed by atoms with Gasteiger partial charge in [0.2, 0.25) is 0 Å². The van der Waals surface area contributed by atoms with Crippen LogP contribution >= 0.6 is 0 Å². The van der Waals surface area contributed by atoms with Crippen molar-refractivity contribution in [1.82, 2.24) is 4.90 Å². The fourth-order valence-corrected chi connectivity index (χ4v) is 3.02. The van der Waals surface area contributed by atoms with Gasteiger partial charge < -0.3 is 14.6 Å². The van der Waals surface area contributed by atoms with E-state index in [1.54, 1.807) is 14.2 Å². The van der Waals surface area contributed by atoms with E-state index < -0.39 is 0 Å². The van der Waals surface area contributed by atoms with E-state index >= 15 is 0 Å². The molecule has 0 amide bonds. The van der Waals surface area contributed by atoms with E-state index in [1.165, 1.54) is 6.42 Å². The lowest BCUT2D eigenvalue weighted by atomic mass is 9.69. The first-order valence-corrected chi connectivity index (χ1v) is 7.39. The number of ether oxygens (including phenoxy) is 2. The van der Waals surface area contributed by atoms with Crippen molar-refractivity contribution in [2.75, 3.05) is 47.1 Å². The second-order valence-corrected chi connectivity index (χ2v) is 6.37. The minimum atomic E-state index is -0.200. The lowest BCUT2D eigenvalue weighted by molar-refractivity contribution is -0.0458. The number of hydrogen-bond donors (Lipinski definition) is 1. The maximum Gasteiger partial charge on any atom is 0.0631 e. The van der Waals surface area contributed by atoms with Gasteiger partial charge >= 0.3 is 0 Å². The van der Waals surface area contributed by atoms with E-state index in [9.17, 15) is 5.11 Å². The highest BCUT2D eigenvalue weighted by Gasteiger charge is 2.38. The monoisotopic (exact) mass is 273 g/mol. The molecule has 0 saturated heterocycles. The highest BCUT2D eigenvalue weighted by molar-refractivity contribution is 4.89. The van der Waals surface area contributed by atoms with Crippen molar-refractivity contribution < 1.29 is 14.6 Å². The molecule has 0 bridgehead atoms. The molecule has 0 radical (unpaired) electrons. The van der Waals surface area contributed by atoms with E-state index in [4.69, 9.17) is 9.47 Å². The Hall–Kier alpha value is -0.160. The Balaban J connectivity index is 2.51. The van der Waals surface area contributed by atoms with Gasteiger partial charge in [-0.05, 0) is 24.2 Å². The second kappa shape index (κ2) is 8.20. The molecule has 2 unspecified atom stereocenters. The minimum absolute atomic E-state index is 0.0527. The zero-order valence-corrected chi connectivity index (χ0v) is 13.0. The molecule has 1 N–H and O–H groups in total. The van der Waals surface area contributed by atoms with E-state index in [0.29, 0.717) is 5.92 Å². The molecule has 0 aromatic rings. The third kappa shape index (κ3) is 5.38. The first kappa shape index (κ1) is 16.9. The van der Waals surface area contributed by atoms with Crippen molar-refractivity contribution in [3.8, 4) is 0 Å². The lowest BCUT2D eigenvalue weighted by Gasteiger charge is -2.42. The Kier molecular flexibility index (Phi) is 7.29. The summed E-state index contributed by atoms with van der Waals surface area (Å²) in [6, 6.07) is 0. The molecule has 0 aromatic heterocycles. The number of rotatable bonds is 8. The van der Waals surface area contributed by atoms with Gasteiger partial charge in [0, 0.05) is 33.9 Å². The van der Waals surface area contributed by atoms with Gasteiger partial charge in [-0.15, -0.1) is 0 Å². The van der Waals surface area contributed by atoms with Gasteiger partial charge in [-0.1, -0.05) is 20.3 Å². The Labute approximate surface area is 118 Å². The highest BCUT2D eigenvalue weighted by atomic mass is 16.5. The maximum atomic E-state index is 10.5. The van der Waals surface area contributed by atoms with Crippen LogP contribution in [0.15, 0.2) is 0 Å². The number of aliphatic hydroxyl groups excluding tert-OH is 1. The van der Waals surface area contributed by atoms with Crippen molar-refractivity contribution in [2.45, 2.75) is 39.2 Å². The van der Waals surface area contributed by atoms with Gasteiger partial charge in [-0.3, -0.25) is 4.90 Å². The van der Waals surface area contributed by atoms with Gasteiger partial charge in [0.15, 0.2) is 0 Å². The topological polar surface area (TPSA) is 41.9 Å². The highest BCUT2D eigenvalue weighted by Crippen LogP contribution is 2.39. The summed E-state index contributed by atoms with van der Waals surface area (Å²) in [6.45, 7) is 8.58. The van der Waals surface area contributed by atoms with Crippen molar-refractivity contribution in [3.63, 3.8) is 0 Å². The SMILES string of the molecule is COCCN(CCOC)CC1CCCC(C)(C)C1O. The maximum absolute atomic E-state index is 10.5. The van der Waals surface area contributed by atoms with E-state index in [-0.39, 0.29) is 11.5 Å². The van der Waals surface area contributed by atoms with Gasteiger partial charge in [-0.25, -0.2) is 0 Å². The summed E-state index contributed by atoms with van der Waals surface area (Å²) < 4.78 is 10.3. The quantitative estimate of drug-likeness (QED) is 0.732. The summed E-state index contributed by atoms with van der Waals surface area (Å²) in [5.74, 6) is 0.373. The Morgan fingerprint density at radius 2 is 1.74 bits per heavy atom. The van der Waals surface area contributed by atoms with Crippen LogP contribution in [0, 0.1) is 11.3 Å². The van der Waals surface area contributed by atoms with Crippen LogP contribution in [-0.4, -0.2) is 63.2 Å². The van der Waals surface area contributed by atoms with Crippen LogP contribution in [0.5, 0.6) is 0 Å². The molecule has 1 rings (SSSR count). The molecular formula is C15H31NO3. The molecule has 1 fully saturated rings. The van der Waals surface area contributed by atoms with Crippen LogP contribution < -0.4 is 0 Å². The number of hydrogen-bond acceptors (Lipinski definition) is 4. The summed E-state index contributed by atoms with van der Waals surface area (Å²) in [6.07, 6.45) is 3.27. The summed E-state index contributed by atoms with van der Waals surface area (Å²) in [5.41, 5.74) is 0.0527. The molecule has 1 saturated carbocycles. The predicted octanol–water partition coefficient (Wildman–Crippen LogP) is 1.77. The zero-order chi connectivity index (χ0) is 14.3. The van der Waals surface area contributed by atoms with Crippen molar-refractivity contribution >= 4 is 0 Å². The van der Waals surface area contributed by atoms with Crippen LogP contribution in [0.3, 0.4) is 0 Å². The standard InChI is InChI=1S/C15H31NO3/c1-15(2)7-5-6-13(14(15)17)12-16(8-10-18-3)9-11-19-4/h13-14,17H,5-12H2,1-4H3. The molecule has 0 heterocycles. The first-order valence-electron chi connectivity index (χ1n) is 7.39. The van der Waals surface area contributed by atoms with Crippen LogP contribution in [-0.2, 0) is 9.47 Å². The summed E-state index contributed by atoms with van der Waals surface area (Å²) in [7, 11) is 3.46. The van der Waals surface area contributed by atoms with Crippen molar-refractivity contribution in [2.24, 2.45) is 11.3 Å². The number of nitrogens with zero attached hydrogens (tertiary/aromatic N) is 1. The molecule has 4 heteroatoms. The van der Waals surface area contributed by atoms with Crippen molar-refractivity contribution in [3.05, 3.63) is 0 Å². The van der Waals surface area contributed by atoms with Crippen LogP contribution in [0.2, 0.25) is 0 Å². The zero-order valence-electron chi connectivity index (χ0n) is 13.0. The summed E-state index contributed by atoms with van der Waals surface area (Å²) in [4.78, 5) is 2.35. The Morgan fingerprint density at radius 3 is 2.26 bits per heavy atom. The van der Waals surface area contributed by atoms with Gasteiger partial charge in [0.1, 0.15) is 0 Å². The van der Waals surface area contributed by atoms with Crippen molar-refractivity contribution in [1.29, 1.82) is 0 Å². The molecule has 19 heavy (non-hydrogen) atoms. The number of methoxy groups -OCH3 is 2. The van der Waals surface area contributed by atoms with E-state index in [1.807, 2.05) is 0 Å². The predicted molar refractivity (Wildman–Crippen MR) is 77.3 cm³/mol. The fourth-order valence-electron chi connectivity index (χ4n) is 3.02. The smallest absolute Gasteiger partial charge is 0.0631 e. The minimum Gasteiger partial charge on any atom is -0.392 e. The number of aliphatic hydroxyl groups is 1. The average Bonchev–Trinajstić information content (AvgIpc) is 2.37. The molecular weight excluding hydrogens is 242 g/mol. The fraction of sp³-hybridized carbons (Fsp3) is 1.00. The normalized spacial score (nSPS) is 26.8. The molecule has 0 spiro atoms. The molecule has 1 aliphatic rings. The second-order valence-electron chi connectivity index (χ2n) is 6.37.